The van der Waals surface area contributed by atoms with Crippen LogP contribution in [-0.2, 0) is 16.5 Å². The molecule has 0 heterocycles. The lowest BCUT2D eigenvalue weighted by atomic mass is 10.00. The number of carbonyl (C=O) groups excluding carboxylic acids is 1. The average molecular weight is 276 g/mol. The fourth-order valence-electron chi connectivity index (χ4n) is 2.15. The molecule has 0 spiro atoms. The minimum atomic E-state index is -4.47. The first kappa shape index (κ1) is 13.5. The van der Waals surface area contributed by atoms with E-state index in [0.717, 1.165) is 5.39 Å². The highest BCUT2D eigenvalue weighted by atomic mass is 32.2. The second-order valence-corrected chi connectivity index (χ2v) is 5.44. The highest BCUT2D eigenvalue weighted by Gasteiger charge is 2.22. The van der Waals surface area contributed by atoms with Gasteiger partial charge >= 0.3 is 0 Å². The summed E-state index contributed by atoms with van der Waals surface area (Å²) in [5.74, 6) is 0. The number of fused-ring (bicyclic) bond motifs is 1. The largest absolute Gasteiger partial charge is 0.298 e. The van der Waals surface area contributed by atoms with Gasteiger partial charge in [-0.2, -0.15) is 8.42 Å². The van der Waals surface area contributed by atoms with Gasteiger partial charge < -0.3 is 0 Å². The molecule has 0 atom stereocenters. The zero-order valence-corrected chi connectivity index (χ0v) is 10.9. The van der Waals surface area contributed by atoms with E-state index in [-0.39, 0.29) is 16.9 Å². The molecule has 2 aromatic rings. The van der Waals surface area contributed by atoms with E-state index in [1.165, 1.54) is 6.08 Å². The number of hydrogen-bond acceptors (Lipinski definition) is 3. The molecule has 19 heavy (non-hydrogen) atoms. The van der Waals surface area contributed by atoms with Gasteiger partial charge in [0.2, 0.25) is 0 Å². The summed E-state index contributed by atoms with van der Waals surface area (Å²) in [6.45, 7) is 3.55. The molecular formula is C14H12O4S. The predicted octanol–water partition coefficient (Wildman–Crippen LogP) is 2.63. The molecule has 4 nitrogen and oxygen atoms in total. The van der Waals surface area contributed by atoms with E-state index in [1.54, 1.807) is 30.3 Å². The molecule has 0 aromatic heterocycles. The Morgan fingerprint density at radius 3 is 2.53 bits per heavy atom. The van der Waals surface area contributed by atoms with Gasteiger partial charge in [-0.3, -0.25) is 9.35 Å². The summed E-state index contributed by atoms with van der Waals surface area (Å²) in [5.41, 5.74) is 0.343. The molecule has 0 unspecified atom stereocenters. The lowest BCUT2D eigenvalue weighted by molar-refractivity contribution is 0.112. The molecule has 98 valence electrons. The molecule has 0 bridgehead atoms. The number of carbonyl (C=O) groups is 1. The molecule has 0 amide bonds. The molecule has 0 saturated carbocycles. The standard InChI is InChI=1S/C14H12O4S/c1-2-5-11-8-10-6-3-4-7-12(10)13(9-15)14(11)19(16,17)18/h2-4,6-9H,1,5H2,(H,16,17,18). The van der Waals surface area contributed by atoms with Gasteiger partial charge in [0.1, 0.15) is 4.90 Å². The Bertz CT molecular complexity index is 760. The third kappa shape index (κ3) is 2.43. The van der Waals surface area contributed by atoms with E-state index in [1.807, 2.05) is 0 Å². The van der Waals surface area contributed by atoms with Crippen LogP contribution < -0.4 is 0 Å². The number of rotatable bonds is 4. The van der Waals surface area contributed by atoms with Crippen LogP contribution in [0, 0.1) is 0 Å². The second-order valence-electron chi connectivity index (χ2n) is 4.09. The predicted molar refractivity (Wildman–Crippen MR) is 73.1 cm³/mol. The Labute approximate surface area is 111 Å². The van der Waals surface area contributed by atoms with Gasteiger partial charge in [-0.15, -0.1) is 6.58 Å². The molecule has 0 saturated heterocycles. The Balaban J connectivity index is 3.00. The zero-order valence-electron chi connectivity index (χ0n) is 10.0. The smallest absolute Gasteiger partial charge is 0.295 e. The van der Waals surface area contributed by atoms with Crippen molar-refractivity contribution >= 4 is 27.2 Å². The lowest BCUT2D eigenvalue weighted by Gasteiger charge is -2.11. The summed E-state index contributed by atoms with van der Waals surface area (Å²) in [6.07, 6.45) is 2.23. The van der Waals surface area contributed by atoms with Crippen LogP contribution in [0.3, 0.4) is 0 Å². The Morgan fingerprint density at radius 1 is 1.26 bits per heavy atom. The van der Waals surface area contributed by atoms with Crippen LogP contribution in [0.4, 0.5) is 0 Å². The molecule has 0 radical (unpaired) electrons. The minimum Gasteiger partial charge on any atom is -0.298 e. The van der Waals surface area contributed by atoms with Crippen LogP contribution >= 0.6 is 0 Å². The fourth-order valence-corrected chi connectivity index (χ4v) is 3.06. The molecule has 0 aliphatic heterocycles. The summed E-state index contributed by atoms with van der Waals surface area (Å²) in [7, 11) is -4.47. The summed E-state index contributed by atoms with van der Waals surface area (Å²) in [5, 5.41) is 1.24. The quantitative estimate of drug-likeness (QED) is 0.529. The molecule has 0 fully saturated rings. The van der Waals surface area contributed by atoms with E-state index < -0.39 is 10.1 Å². The first-order valence-corrected chi connectivity index (χ1v) is 7.01. The third-order valence-corrected chi connectivity index (χ3v) is 3.86. The summed E-state index contributed by atoms with van der Waals surface area (Å²) >= 11 is 0. The third-order valence-electron chi connectivity index (χ3n) is 2.86. The second kappa shape index (κ2) is 4.95. The average Bonchev–Trinajstić information content (AvgIpc) is 2.36. The molecule has 0 aliphatic carbocycles. The Kier molecular flexibility index (Phi) is 3.50. The van der Waals surface area contributed by atoms with Crippen molar-refractivity contribution in [3.05, 3.63) is 54.1 Å². The maximum atomic E-state index is 11.5. The normalized spacial score (nSPS) is 11.4. The lowest BCUT2D eigenvalue weighted by Crippen LogP contribution is -2.08. The fraction of sp³-hybridized carbons (Fsp3) is 0.0714. The first-order chi connectivity index (χ1) is 8.99. The van der Waals surface area contributed by atoms with Crippen LogP contribution in [0.25, 0.3) is 10.8 Å². The van der Waals surface area contributed by atoms with Crippen molar-refractivity contribution in [3.8, 4) is 0 Å². The van der Waals surface area contributed by atoms with Gasteiger partial charge in [0.05, 0.1) is 0 Å². The monoisotopic (exact) mass is 276 g/mol. The highest BCUT2D eigenvalue weighted by Crippen LogP contribution is 2.29. The van der Waals surface area contributed by atoms with E-state index in [0.29, 0.717) is 17.2 Å². The van der Waals surface area contributed by atoms with Crippen molar-refractivity contribution in [1.29, 1.82) is 0 Å². The van der Waals surface area contributed by atoms with E-state index in [9.17, 15) is 17.8 Å². The van der Waals surface area contributed by atoms with Crippen LogP contribution in [0.5, 0.6) is 0 Å². The van der Waals surface area contributed by atoms with Crippen LogP contribution in [0.1, 0.15) is 15.9 Å². The number of allylic oxidation sites excluding steroid dienone is 1. The van der Waals surface area contributed by atoms with Crippen molar-refractivity contribution in [2.45, 2.75) is 11.3 Å². The molecule has 2 aromatic carbocycles. The summed E-state index contributed by atoms with van der Waals surface area (Å²) < 4.78 is 32.4. The topological polar surface area (TPSA) is 71.4 Å². The Morgan fingerprint density at radius 2 is 1.95 bits per heavy atom. The van der Waals surface area contributed by atoms with Gasteiger partial charge in [0.25, 0.3) is 10.1 Å². The molecule has 5 heteroatoms. The van der Waals surface area contributed by atoms with Gasteiger partial charge in [-0.25, -0.2) is 0 Å². The van der Waals surface area contributed by atoms with Crippen molar-refractivity contribution in [2.24, 2.45) is 0 Å². The van der Waals surface area contributed by atoms with Crippen molar-refractivity contribution < 1.29 is 17.8 Å². The van der Waals surface area contributed by atoms with Gasteiger partial charge in [0, 0.05) is 5.56 Å². The van der Waals surface area contributed by atoms with Gasteiger partial charge in [0.15, 0.2) is 6.29 Å². The SMILES string of the molecule is C=CCc1cc2ccccc2c(C=O)c1S(=O)(=O)O. The highest BCUT2D eigenvalue weighted by molar-refractivity contribution is 7.86. The Hall–Kier alpha value is -1.98. The maximum Gasteiger partial charge on any atom is 0.295 e. The van der Waals surface area contributed by atoms with Crippen LogP contribution in [0.15, 0.2) is 47.9 Å². The van der Waals surface area contributed by atoms with Gasteiger partial charge in [-0.1, -0.05) is 30.3 Å². The van der Waals surface area contributed by atoms with Crippen LogP contribution in [-0.4, -0.2) is 19.3 Å². The van der Waals surface area contributed by atoms with Crippen molar-refractivity contribution in [1.82, 2.24) is 0 Å². The van der Waals surface area contributed by atoms with Crippen molar-refractivity contribution in [3.63, 3.8) is 0 Å². The number of aldehydes is 1. The molecule has 1 N–H and O–H groups in total. The first-order valence-electron chi connectivity index (χ1n) is 5.57. The molecule has 0 aliphatic rings. The number of hydrogen-bond donors (Lipinski definition) is 1. The summed E-state index contributed by atoms with van der Waals surface area (Å²) in [6, 6.07) is 8.57. The zero-order chi connectivity index (χ0) is 14.0. The maximum absolute atomic E-state index is 11.5. The van der Waals surface area contributed by atoms with E-state index >= 15 is 0 Å². The molecular weight excluding hydrogens is 264 g/mol. The summed E-state index contributed by atoms with van der Waals surface area (Å²) in [4.78, 5) is 10.9. The van der Waals surface area contributed by atoms with Gasteiger partial charge in [-0.05, 0) is 28.8 Å². The van der Waals surface area contributed by atoms with E-state index in [2.05, 4.69) is 6.58 Å². The minimum absolute atomic E-state index is 0.0162. The van der Waals surface area contributed by atoms with E-state index in [4.69, 9.17) is 0 Å². The van der Waals surface area contributed by atoms with Crippen molar-refractivity contribution in [2.75, 3.05) is 0 Å². The number of benzene rings is 2. The van der Waals surface area contributed by atoms with Crippen LogP contribution in [0.2, 0.25) is 0 Å². The molecule has 2 rings (SSSR count).